The summed E-state index contributed by atoms with van der Waals surface area (Å²) in [6.07, 6.45) is 4.16. The Morgan fingerprint density at radius 3 is 2.72 bits per heavy atom. The topological polar surface area (TPSA) is 29.3 Å². The van der Waals surface area contributed by atoms with E-state index in [1.807, 2.05) is 0 Å². The molecule has 0 aliphatic heterocycles. The van der Waals surface area contributed by atoms with Gasteiger partial charge in [-0.2, -0.15) is 0 Å². The number of rotatable bonds is 3. The minimum atomic E-state index is 0.441. The van der Waals surface area contributed by atoms with E-state index in [0.29, 0.717) is 12.0 Å². The Bertz CT molecular complexity index is 427. The van der Waals surface area contributed by atoms with Gasteiger partial charge < -0.3 is 10.6 Å². The summed E-state index contributed by atoms with van der Waals surface area (Å²) < 4.78 is 0. The Morgan fingerprint density at radius 2 is 2.06 bits per heavy atom. The number of nitrogens with two attached hydrogens (primary N) is 1. The van der Waals surface area contributed by atoms with Crippen molar-refractivity contribution in [1.29, 1.82) is 0 Å². The van der Waals surface area contributed by atoms with E-state index in [0.717, 1.165) is 18.4 Å². The van der Waals surface area contributed by atoms with Crippen LogP contribution in [0.2, 0.25) is 0 Å². The minimum Gasteiger partial charge on any atom is -0.374 e. The first kappa shape index (κ1) is 12.0. The Balaban J connectivity index is 1.69. The van der Waals surface area contributed by atoms with Crippen molar-refractivity contribution in [2.45, 2.75) is 32.2 Å². The lowest BCUT2D eigenvalue weighted by Crippen LogP contribution is -2.41. The van der Waals surface area contributed by atoms with Gasteiger partial charge in [0.1, 0.15) is 0 Å². The summed E-state index contributed by atoms with van der Waals surface area (Å²) in [7, 11) is 2.20. The first-order valence-electron chi connectivity index (χ1n) is 7.18. The summed E-state index contributed by atoms with van der Waals surface area (Å²) in [5, 5.41) is 0. The lowest BCUT2D eigenvalue weighted by Gasteiger charge is -2.32. The average Bonchev–Trinajstić information content (AvgIpc) is 2.93. The number of fused-ring (bicyclic) bond motifs is 2. The molecule has 2 aliphatic rings. The third-order valence-electron chi connectivity index (χ3n) is 5.09. The van der Waals surface area contributed by atoms with Crippen molar-refractivity contribution in [3.05, 3.63) is 29.8 Å². The van der Waals surface area contributed by atoms with Crippen molar-refractivity contribution < 1.29 is 0 Å². The van der Waals surface area contributed by atoms with E-state index in [4.69, 9.17) is 5.73 Å². The first-order valence-corrected chi connectivity index (χ1v) is 7.18. The van der Waals surface area contributed by atoms with Crippen molar-refractivity contribution in [1.82, 2.24) is 0 Å². The molecule has 4 atom stereocenters. The zero-order valence-electron chi connectivity index (χ0n) is 11.5. The molecule has 18 heavy (non-hydrogen) atoms. The normalized spacial score (nSPS) is 33.9. The lowest BCUT2D eigenvalue weighted by molar-refractivity contribution is 0.293. The van der Waals surface area contributed by atoms with Crippen LogP contribution >= 0.6 is 0 Å². The van der Waals surface area contributed by atoms with Gasteiger partial charge in [-0.3, -0.25) is 0 Å². The van der Waals surface area contributed by atoms with Crippen LogP contribution in [0.25, 0.3) is 0 Å². The molecule has 2 N–H and O–H groups in total. The standard InChI is InChI=1S/C16H24N2/c1-11-4-3-5-14(8-11)18(2)10-15-12-6-7-13(9-12)16(15)17/h3-5,8,12-13,15-16H,6-7,9-10,17H2,1-2H3. The predicted molar refractivity (Wildman–Crippen MR) is 76.7 cm³/mol. The van der Waals surface area contributed by atoms with Gasteiger partial charge in [-0.15, -0.1) is 0 Å². The summed E-state index contributed by atoms with van der Waals surface area (Å²) in [4.78, 5) is 2.39. The van der Waals surface area contributed by atoms with E-state index in [1.165, 1.54) is 30.5 Å². The van der Waals surface area contributed by atoms with Crippen molar-refractivity contribution >= 4 is 5.69 Å². The third-order valence-corrected chi connectivity index (χ3v) is 5.09. The van der Waals surface area contributed by atoms with Crippen molar-refractivity contribution in [2.75, 3.05) is 18.5 Å². The molecule has 0 aromatic heterocycles. The highest BCUT2D eigenvalue weighted by Crippen LogP contribution is 2.47. The Hall–Kier alpha value is -1.02. The summed E-state index contributed by atoms with van der Waals surface area (Å²) in [6.45, 7) is 3.27. The molecule has 2 aliphatic carbocycles. The summed E-state index contributed by atoms with van der Waals surface area (Å²) in [5.74, 6) is 2.40. The number of aryl methyl sites for hydroxylation is 1. The van der Waals surface area contributed by atoms with E-state index in [-0.39, 0.29) is 0 Å². The highest BCUT2D eigenvalue weighted by atomic mass is 15.1. The molecule has 0 amide bonds. The van der Waals surface area contributed by atoms with Gasteiger partial charge in [0.25, 0.3) is 0 Å². The summed E-state index contributed by atoms with van der Waals surface area (Å²) >= 11 is 0. The highest BCUT2D eigenvalue weighted by molar-refractivity contribution is 5.47. The smallest absolute Gasteiger partial charge is 0.0366 e. The van der Waals surface area contributed by atoms with Gasteiger partial charge in [-0.05, 0) is 61.6 Å². The molecule has 2 heteroatoms. The van der Waals surface area contributed by atoms with Gasteiger partial charge in [0.05, 0.1) is 0 Å². The molecule has 2 saturated carbocycles. The van der Waals surface area contributed by atoms with Gasteiger partial charge in [0, 0.05) is 25.3 Å². The van der Waals surface area contributed by atoms with Crippen LogP contribution in [0.15, 0.2) is 24.3 Å². The molecule has 0 heterocycles. The Kier molecular flexibility index (Phi) is 3.06. The fourth-order valence-electron chi connectivity index (χ4n) is 4.01. The zero-order valence-corrected chi connectivity index (χ0v) is 11.5. The molecule has 1 aromatic carbocycles. The second-order valence-electron chi connectivity index (χ2n) is 6.29. The second kappa shape index (κ2) is 4.58. The number of hydrogen-bond donors (Lipinski definition) is 1. The molecule has 2 nitrogen and oxygen atoms in total. The van der Waals surface area contributed by atoms with Crippen LogP contribution in [0.4, 0.5) is 5.69 Å². The quantitative estimate of drug-likeness (QED) is 0.886. The van der Waals surface area contributed by atoms with Crippen LogP contribution in [0.5, 0.6) is 0 Å². The van der Waals surface area contributed by atoms with Gasteiger partial charge >= 0.3 is 0 Å². The van der Waals surface area contributed by atoms with Crippen molar-refractivity contribution in [2.24, 2.45) is 23.5 Å². The minimum absolute atomic E-state index is 0.441. The van der Waals surface area contributed by atoms with Crippen LogP contribution in [-0.2, 0) is 0 Å². The van der Waals surface area contributed by atoms with E-state index in [1.54, 1.807) is 0 Å². The molecule has 3 rings (SSSR count). The SMILES string of the molecule is Cc1cccc(N(C)CC2C3CCC(C3)C2N)c1. The third kappa shape index (κ3) is 2.03. The number of anilines is 1. The molecule has 2 bridgehead atoms. The van der Waals surface area contributed by atoms with Crippen LogP contribution in [0, 0.1) is 24.7 Å². The number of nitrogens with zero attached hydrogens (tertiary/aromatic N) is 1. The summed E-state index contributed by atoms with van der Waals surface area (Å²) in [5.41, 5.74) is 9.05. The molecule has 0 saturated heterocycles. The molecule has 98 valence electrons. The molecule has 0 spiro atoms. The maximum Gasteiger partial charge on any atom is 0.0366 e. The molecule has 2 fully saturated rings. The van der Waals surface area contributed by atoms with E-state index in [2.05, 4.69) is 43.1 Å². The van der Waals surface area contributed by atoms with Gasteiger partial charge in [0.2, 0.25) is 0 Å². The maximum absolute atomic E-state index is 6.39. The monoisotopic (exact) mass is 244 g/mol. The van der Waals surface area contributed by atoms with Crippen LogP contribution < -0.4 is 10.6 Å². The Labute approximate surface area is 110 Å². The number of hydrogen-bond acceptors (Lipinski definition) is 2. The summed E-state index contributed by atoms with van der Waals surface area (Å²) in [6, 6.07) is 9.20. The van der Waals surface area contributed by atoms with Crippen molar-refractivity contribution in [3.8, 4) is 0 Å². The van der Waals surface area contributed by atoms with E-state index >= 15 is 0 Å². The maximum atomic E-state index is 6.39. The van der Waals surface area contributed by atoms with E-state index < -0.39 is 0 Å². The first-order chi connectivity index (χ1) is 8.65. The fourth-order valence-corrected chi connectivity index (χ4v) is 4.01. The molecular weight excluding hydrogens is 220 g/mol. The molecule has 1 aromatic rings. The highest BCUT2D eigenvalue weighted by Gasteiger charge is 2.45. The van der Waals surface area contributed by atoms with Gasteiger partial charge in [-0.25, -0.2) is 0 Å². The Morgan fingerprint density at radius 1 is 1.28 bits per heavy atom. The van der Waals surface area contributed by atoms with Crippen molar-refractivity contribution in [3.63, 3.8) is 0 Å². The molecular formula is C16H24N2. The fraction of sp³-hybridized carbons (Fsp3) is 0.625. The van der Waals surface area contributed by atoms with Gasteiger partial charge in [-0.1, -0.05) is 12.1 Å². The van der Waals surface area contributed by atoms with E-state index in [9.17, 15) is 0 Å². The van der Waals surface area contributed by atoms with Gasteiger partial charge in [0.15, 0.2) is 0 Å². The second-order valence-corrected chi connectivity index (χ2v) is 6.29. The van der Waals surface area contributed by atoms with Crippen LogP contribution in [-0.4, -0.2) is 19.6 Å². The molecule has 0 radical (unpaired) electrons. The molecule has 4 unspecified atom stereocenters. The largest absolute Gasteiger partial charge is 0.374 e. The predicted octanol–water partition coefficient (Wildman–Crippen LogP) is 2.80. The number of benzene rings is 1. The zero-order chi connectivity index (χ0) is 12.7. The van der Waals surface area contributed by atoms with Crippen LogP contribution in [0.3, 0.4) is 0 Å². The lowest BCUT2D eigenvalue weighted by atomic mass is 9.84. The van der Waals surface area contributed by atoms with Crippen LogP contribution in [0.1, 0.15) is 24.8 Å². The average molecular weight is 244 g/mol.